The van der Waals surface area contributed by atoms with Crippen molar-refractivity contribution in [1.29, 1.82) is 0 Å². The summed E-state index contributed by atoms with van der Waals surface area (Å²) in [5, 5.41) is 7.44. The molecule has 0 fully saturated rings. The first-order valence-electron chi connectivity index (χ1n) is 7.91. The molecule has 6 nitrogen and oxygen atoms in total. The van der Waals surface area contributed by atoms with Gasteiger partial charge in [-0.3, -0.25) is 9.67 Å². The number of guanidine groups is 1. The van der Waals surface area contributed by atoms with E-state index in [2.05, 4.69) is 20.1 Å². The van der Waals surface area contributed by atoms with Gasteiger partial charge in [0.1, 0.15) is 5.75 Å². The molecule has 1 aromatic carbocycles. The zero-order valence-electron chi connectivity index (χ0n) is 15.0. The van der Waals surface area contributed by atoms with E-state index in [9.17, 15) is 8.78 Å². The van der Waals surface area contributed by atoms with Crippen LogP contribution in [0.25, 0.3) is 0 Å². The number of rotatable bonds is 7. The van der Waals surface area contributed by atoms with Crippen LogP contribution in [0.5, 0.6) is 5.75 Å². The van der Waals surface area contributed by atoms with Gasteiger partial charge in [-0.15, -0.1) is 24.0 Å². The number of nitrogens with zero attached hydrogens (tertiary/aromatic N) is 4. The molecule has 0 aliphatic carbocycles. The Morgan fingerprint density at radius 1 is 1.31 bits per heavy atom. The van der Waals surface area contributed by atoms with Gasteiger partial charge in [0.05, 0.1) is 6.20 Å². The molecule has 0 saturated carbocycles. The molecule has 0 unspecified atom stereocenters. The summed E-state index contributed by atoms with van der Waals surface area (Å²) >= 11 is 0. The normalized spacial score (nSPS) is 11.2. The molecule has 2 rings (SSSR count). The van der Waals surface area contributed by atoms with Crippen LogP contribution in [0, 0.1) is 0 Å². The molecule has 0 aliphatic heterocycles. The van der Waals surface area contributed by atoms with Crippen molar-refractivity contribution in [2.45, 2.75) is 19.6 Å². The van der Waals surface area contributed by atoms with E-state index >= 15 is 0 Å². The molecule has 1 aromatic heterocycles. The minimum Gasteiger partial charge on any atom is -0.435 e. The number of halogens is 3. The van der Waals surface area contributed by atoms with E-state index < -0.39 is 6.61 Å². The van der Waals surface area contributed by atoms with Crippen molar-refractivity contribution in [3.8, 4) is 5.75 Å². The maximum absolute atomic E-state index is 12.2. The summed E-state index contributed by atoms with van der Waals surface area (Å²) < 4.78 is 30.5. The van der Waals surface area contributed by atoms with Crippen LogP contribution in [0.15, 0.2) is 41.7 Å². The Bertz CT molecular complexity index is 691. The number of hydrogen-bond acceptors (Lipinski definition) is 3. The predicted octanol–water partition coefficient (Wildman–Crippen LogP) is 2.89. The van der Waals surface area contributed by atoms with Crippen LogP contribution in [-0.4, -0.2) is 47.9 Å². The first-order chi connectivity index (χ1) is 12.0. The highest BCUT2D eigenvalue weighted by Crippen LogP contribution is 2.15. The summed E-state index contributed by atoms with van der Waals surface area (Å²) in [4.78, 5) is 6.23. The number of nitrogens with one attached hydrogen (secondary N) is 1. The Hall–Kier alpha value is -1.91. The first kappa shape index (κ1) is 22.1. The Morgan fingerprint density at radius 2 is 2.00 bits per heavy atom. The Balaban J connectivity index is 0.00000338. The van der Waals surface area contributed by atoms with Crippen LogP contribution in [0.3, 0.4) is 0 Å². The third kappa shape index (κ3) is 7.14. The first-order valence-corrected chi connectivity index (χ1v) is 7.91. The van der Waals surface area contributed by atoms with E-state index in [0.29, 0.717) is 6.54 Å². The summed E-state index contributed by atoms with van der Waals surface area (Å²) in [5.41, 5.74) is 2.13. The molecule has 9 heteroatoms. The molecule has 0 amide bonds. The highest BCUT2D eigenvalue weighted by Gasteiger charge is 2.08. The van der Waals surface area contributed by atoms with Crippen molar-refractivity contribution in [2.24, 2.45) is 12.0 Å². The largest absolute Gasteiger partial charge is 0.435 e. The van der Waals surface area contributed by atoms with Gasteiger partial charge >= 0.3 is 6.61 Å². The molecule has 144 valence electrons. The second-order valence-corrected chi connectivity index (χ2v) is 5.62. The van der Waals surface area contributed by atoms with E-state index in [0.717, 1.165) is 30.1 Å². The fraction of sp³-hybridized carbons (Fsp3) is 0.412. The molecule has 0 spiro atoms. The molecule has 0 atom stereocenters. The monoisotopic (exact) mass is 479 g/mol. The van der Waals surface area contributed by atoms with Crippen molar-refractivity contribution in [3.63, 3.8) is 0 Å². The highest BCUT2D eigenvalue weighted by atomic mass is 127. The second-order valence-electron chi connectivity index (χ2n) is 5.62. The van der Waals surface area contributed by atoms with Crippen LogP contribution in [-0.2, 0) is 20.0 Å². The quantitative estimate of drug-likeness (QED) is 0.377. The van der Waals surface area contributed by atoms with Gasteiger partial charge in [-0.05, 0) is 29.7 Å². The highest BCUT2D eigenvalue weighted by molar-refractivity contribution is 14.0. The van der Waals surface area contributed by atoms with Gasteiger partial charge in [0, 0.05) is 40.4 Å². The topological polar surface area (TPSA) is 54.7 Å². The van der Waals surface area contributed by atoms with Gasteiger partial charge in [-0.2, -0.15) is 13.9 Å². The van der Waals surface area contributed by atoms with E-state index in [1.54, 1.807) is 23.9 Å². The van der Waals surface area contributed by atoms with Gasteiger partial charge in [0.15, 0.2) is 5.96 Å². The SMILES string of the molecule is CN=C(NCCc1cnn(C)c1)N(C)Cc1ccc(OC(F)F)cc1.I. The average molecular weight is 479 g/mol. The molecule has 2 aromatic rings. The standard InChI is InChI=1S/C17H23F2N5O.HI/c1-20-17(21-9-8-14-10-22-24(3)12-14)23(2)11-13-4-6-15(7-5-13)25-16(18)19;/h4-7,10,12,16H,8-9,11H2,1-3H3,(H,20,21);1H. The smallest absolute Gasteiger partial charge is 0.387 e. The van der Waals surface area contributed by atoms with E-state index in [-0.39, 0.29) is 29.7 Å². The molecule has 0 aliphatic rings. The zero-order chi connectivity index (χ0) is 18.2. The number of alkyl halides is 2. The summed E-state index contributed by atoms with van der Waals surface area (Å²) in [5.74, 6) is 0.914. The van der Waals surface area contributed by atoms with Gasteiger partial charge in [-0.1, -0.05) is 12.1 Å². The summed E-state index contributed by atoms with van der Waals surface area (Å²) in [7, 11) is 5.53. The fourth-order valence-corrected chi connectivity index (χ4v) is 2.43. The molecule has 1 heterocycles. The zero-order valence-corrected chi connectivity index (χ0v) is 17.4. The number of aromatic nitrogens is 2. The summed E-state index contributed by atoms with van der Waals surface area (Å²) in [6.07, 6.45) is 4.68. The molecule has 0 bridgehead atoms. The van der Waals surface area contributed by atoms with Crippen LogP contribution in [0.1, 0.15) is 11.1 Å². The molecule has 1 N–H and O–H groups in total. The van der Waals surface area contributed by atoms with Crippen LogP contribution >= 0.6 is 24.0 Å². The van der Waals surface area contributed by atoms with Crippen LogP contribution in [0.2, 0.25) is 0 Å². The lowest BCUT2D eigenvalue weighted by atomic mass is 10.2. The van der Waals surface area contributed by atoms with Crippen molar-refractivity contribution < 1.29 is 13.5 Å². The molecule has 0 saturated heterocycles. The van der Waals surface area contributed by atoms with E-state index in [4.69, 9.17) is 0 Å². The maximum Gasteiger partial charge on any atom is 0.387 e. The Kier molecular flexibility index (Phi) is 9.31. The van der Waals surface area contributed by atoms with Crippen molar-refractivity contribution in [3.05, 3.63) is 47.8 Å². The lowest BCUT2D eigenvalue weighted by Gasteiger charge is -2.22. The van der Waals surface area contributed by atoms with E-state index in [1.807, 2.05) is 31.4 Å². The number of ether oxygens (including phenoxy) is 1. The minimum absolute atomic E-state index is 0. The van der Waals surface area contributed by atoms with Crippen LogP contribution in [0.4, 0.5) is 8.78 Å². The van der Waals surface area contributed by atoms with Crippen molar-refractivity contribution >= 4 is 29.9 Å². The van der Waals surface area contributed by atoms with Gasteiger partial charge in [0.2, 0.25) is 0 Å². The van der Waals surface area contributed by atoms with Crippen molar-refractivity contribution in [2.75, 3.05) is 20.6 Å². The lowest BCUT2D eigenvalue weighted by Crippen LogP contribution is -2.39. The number of benzene rings is 1. The fourth-order valence-electron chi connectivity index (χ4n) is 2.43. The molecular formula is C17H24F2IN5O. The van der Waals surface area contributed by atoms with Gasteiger partial charge < -0.3 is 15.0 Å². The Morgan fingerprint density at radius 3 is 2.54 bits per heavy atom. The van der Waals surface area contributed by atoms with E-state index in [1.165, 1.54) is 12.1 Å². The molecular weight excluding hydrogens is 455 g/mol. The number of aliphatic imine (C=N–C) groups is 1. The Labute approximate surface area is 169 Å². The van der Waals surface area contributed by atoms with Gasteiger partial charge in [-0.25, -0.2) is 0 Å². The predicted molar refractivity (Wildman–Crippen MR) is 108 cm³/mol. The summed E-state index contributed by atoms with van der Waals surface area (Å²) in [6, 6.07) is 6.59. The van der Waals surface area contributed by atoms with Crippen molar-refractivity contribution in [1.82, 2.24) is 20.0 Å². The lowest BCUT2D eigenvalue weighted by molar-refractivity contribution is -0.0498. The van der Waals surface area contributed by atoms with Gasteiger partial charge in [0.25, 0.3) is 0 Å². The minimum atomic E-state index is -2.81. The third-order valence-corrected chi connectivity index (χ3v) is 3.60. The number of hydrogen-bond donors (Lipinski definition) is 1. The molecule has 0 radical (unpaired) electrons. The second kappa shape index (κ2) is 10.9. The maximum atomic E-state index is 12.2. The summed E-state index contributed by atoms with van der Waals surface area (Å²) in [6.45, 7) is -1.47. The van der Waals surface area contributed by atoms with Crippen LogP contribution < -0.4 is 10.1 Å². The molecule has 26 heavy (non-hydrogen) atoms. The number of aryl methyl sites for hydroxylation is 1. The third-order valence-electron chi connectivity index (χ3n) is 3.60. The average Bonchev–Trinajstić information content (AvgIpc) is 2.98.